The third-order valence-electron chi connectivity index (χ3n) is 13.4. The van der Waals surface area contributed by atoms with Crippen LogP contribution in [0.5, 0.6) is 5.75 Å². The van der Waals surface area contributed by atoms with E-state index in [1.807, 2.05) is 29.2 Å². The Kier molecular flexibility index (Phi) is 10.2. The summed E-state index contributed by atoms with van der Waals surface area (Å²) in [5.74, 6) is -1.71. The molecular formula is C47H48FN5O6. The van der Waals surface area contributed by atoms with Gasteiger partial charge >= 0.3 is 0 Å². The fraction of sp³-hybridized carbons (Fsp3) is 0.383. The van der Waals surface area contributed by atoms with Gasteiger partial charge < -0.3 is 19.7 Å². The van der Waals surface area contributed by atoms with Crippen LogP contribution in [0.3, 0.4) is 0 Å². The van der Waals surface area contributed by atoms with E-state index in [1.54, 1.807) is 24.3 Å². The molecule has 304 valence electrons. The highest BCUT2D eigenvalue weighted by atomic mass is 19.1. The first-order valence-corrected chi connectivity index (χ1v) is 20.6. The highest BCUT2D eigenvalue weighted by Crippen LogP contribution is 2.48. The van der Waals surface area contributed by atoms with Crippen molar-refractivity contribution in [2.75, 3.05) is 44.7 Å². The van der Waals surface area contributed by atoms with Gasteiger partial charge in [0.05, 0.1) is 17.7 Å². The lowest BCUT2D eigenvalue weighted by Gasteiger charge is -2.53. The van der Waals surface area contributed by atoms with E-state index in [0.29, 0.717) is 25.0 Å². The first kappa shape index (κ1) is 38.8. The molecule has 4 aromatic rings. The molecule has 0 bridgehead atoms. The SMILES string of the molecule is CN1CC2(CCN(c3ccc(C4c5ccc(O)cc5CCC4c4ccccc4)c(F)c3)CC2)C1.O=CCN1Cc2cc3c(cc2C1)C(=O)N(C1CCC(=O)NC1=O)C3=O. The zero-order valence-corrected chi connectivity index (χ0v) is 33.2. The average molecular weight is 798 g/mol. The van der Waals surface area contributed by atoms with Gasteiger partial charge in [-0.1, -0.05) is 42.5 Å². The Morgan fingerprint density at radius 2 is 1.49 bits per heavy atom. The molecule has 1 spiro atoms. The van der Waals surface area contributed by atoms with E-state index in [4.69, 9.17) is 0 Å². The first-order chi connectivity index (χ1) is 28.5. The molecule has 10 rings (SSSR count). The predicted molar refractivity (Wildman–Crippen MR) is 219 cm³/mol. The Bertz CT molecular complexity index is 2310. The molecule has 6 aliphatic rings. The zero-order chi connectivity index (χ0) is 41.0. The number of piperidine rings is 2. The number of fused-ring (bicyclic) bond motifs is 3. The number of phenols is 1. The molecule has 3 fully saturated rings. The van der Waals surface area contributed by atoms with Crippen LogP contribution in [0.15, 0.2) is 78.9 Å². The Morgan fingerprint density at radius 1 is 0.814 bits per heavy atom. The quantitative estimate of drug-likeness (QED) is 0.191. The molecule has 12 heteroatoms. The average Bonchev–Trinajstić information content (AvgIpc) is 3.72. The number of aldehydes is 1. The van der Waals surface area contributed by atoms with Gasteiger partial charge in [0.15, 0.2) is 0 Å². The fourth-order valence-corrected chi connectivity index (χ4v) is 10.5. The second-order valence-corrected chi connectivity index (χ2v) is 17.2. The number of aromatic hydroxyl groups is 1. The van der Waals surface area contributed by atoms with Crippen molar-refractivity contribution in [2.45, 2.75) is 69.5 Å². The lowest BCUT2D eigenvalue weighted by molar-refractivity contribution is -0.136. The number of likely N-dealkylation sites (tertiary alicyclic amines) is 1. The topological polar surface area (TPSA) is 131 Å². The molecule has 59 heavy (non-hydrogen) atoms. The summed E-state index contributed by atoms with van der Waals surface area (Å²) < 4.78 is 15.8. The van der Waals surface area contributed by atoms with Crippen molar-refractivity contribution in [3.8, 4) is 5.75 Å². The van der Waals surface area contributed by atoms with Crippen LogP contribution in [-0.2, 0) is 33.9 Å². The summed E-state index contributed by atoms with van der Waals surface area (Å²) in [6, 6.07) is 24.4. The summed E-state index contributed by atoms with van der Waals surface area (Å²) in [5.41, 5.74) is 8.15. The molecule has 2 N–H and O–H groups in total. The molecule has 1 aliphatic carbocycles. The largest absolute Gasteiger partial charge is 0.508 e. The summed E-state index contributed by atoms with van der Waals surface area (Å²) in [4.78, 5) is 67.0. The van der Waals surface area contributed by atoms with Crippen LogP contribution >= 0.6 is 0 Å². The van der Waals surface area contributed by atoms with E-state index in [2.05, 4.69) is 52.5 Å². The first-order valence-electron chi connectivity index (χ1n) is 20.6. The predicted octanol–water partition coefficient (Wildman–Crippen LogP) is 5.53. The number of carbonyl (C=O) groups is 5. The van der Waals surface area contributed by atoms with Crippen LogP contribution in [0.4, 0.5) is 10.1 Å². The second kappa shape index (κ2) is 15.5. The van der Waals surface area contributed by atoms with Gasteiger partial charge in [0, 0.05) is 57.3 Å². The van der Waals surface area contributed by atoms with Crippen LogP contribution in [0.1, 0.15) is 98.0 Å². The number of halogens is 1. The zero-order valence-electron chi connectivity index (χ0n) is 33.2. The van der Waals surface area contributed by atoms with Crippen LogP contribution in [0, 0.1) is 11.2 Å². The monoisotopic (exact) mass is 797 g/mol. The van der Waals surface area contributed by atoms with Gasteiger partial charge in [-0.25, -0.2) is 4.39 Å². The number of aryl methyl sites for hydroxylation is 1. The van der Waals surface area contributed by atoms with E-state index < -0.39 is 29.7 Å². The minimum atomic E-state index is -0.952. The van der Waals surface area contributed by atoms with Gasteiger partial charge in [0.25, 0.3) is 11.8 Å². The smallest absolute Gasteiger partial charge is 0.262 e. The molecule has 0 radical (unpaired) electrons. The molecule has 0 saturated carbocycles. The lowest BCUT2D eigenvalue weighted by atomic mass is 9.69. The molecular weight excluding hydrogens is 750 g/mol. The number of anilines is 1. The number of phenolic OH excluding ortho intramolecular Hbond substituents is 1. The molecule has 4 amide bonds. The third kappa shape index (κ3) is 7.22. The third-order valence-corrected chi connectivity index (χ3v) is 13.4. The van der Waals surface area contributed by atoms with Crippen molar-refractivity contribution in [1.82, 2.24) is 20.0 Å². The number of carbonyl (C=O) groups excluding carboxylic acids is 5. The number of rotatable bonds is 6. The molecule has 3 saturated heterocycles. The highest BCUT2D eigenvalue weighted by molar-refractivity contribution is 6.23. The van der Waals surface area contributed by atoms with Gasteiger partial charge in [-0.05, 0) is 120 Å². The van der Waals surface area contributed by atoms with Crippen molar-refractivity contribution in [3.05, 3.63) is 129 Å². The standard InChI is InChI=1S/C30H33FN2O.C17H15N3O5/c1-32-19-30(20-32)13-15-33(16-14-30)23-8-11-27(28(31)18-23)29-25(21-5-3-2-4-6-21)10-7-22-17-24(34)9-12-26(22)29;21-4-3-19-7-9-5-11-12(6-10(9)8-19)17(25)20(16(11)24)13-1-2-14(22)18-15(13)23/h2-6,8-9,11-12,17-18,25,29,34H,7,10,13-16,19-20H2,1H3;4-6,13H,1-3,7-8H2,(H,18,22,23). The van der Waals surface area contributed by atoms with Gasteiger partial charge in [0.1, 0.15) is 23.9 Å². The fourth-order valence-electron chi connectivity index (χ4n) is 10.5. The summed E-state index contributed by atoms with van der Waals surface area (Å²) in [6.45, 7) is 5.79. The van der Waals surface area contributed by atoms with Crippen molar-refractivity contribution in [1.29, 1.82) is 0 Å². The number of nitrogens with one attached hydrogen (secondary N) is 1. The van der Waals surface area contributed by atoms with E-state index in [0.717, 1.165) is 70.6 Å². The summed E-state index contributed by atoms with van der Waals surface area (Å²) in [6.07, 6.45) is 5.27. The highest BCUT2D eigenvalue weighted by Gasteiger charge is 2.46. The molecule has 5 heterocycles. The minimum Gasteiger partial charge on any atom is -0.508 e. The molecule has 3 atom stereocenters. The van der Waals surface area contributed by atoms with Crippen molar-refractivity contribution < 1.29 is 33.5 Å². The normalized spacial score (nSPS) is 23.5. The second-order valence-electron chi connectivity index (χ2n) is 17.2. The van der Waals surface area contributed by atoms with E-state index >= 15 is 4.39 Å². The van der Waals surface area contributed by atoms with Crippen molar-refractivity contribution in [2.24, 2.45) is 5.41 Å². The maximum Gasteiger partial charge on any atom is 0.262 e. The molecule has 4 aromatic carbocycles. The Labute approximate surface area is 342 Å². The Hall–Kier alpha value is -5.72. The van der Waals surface area contributed by atoms with Crippen molar-refractivity contribution >= 4 is 35.6 Å². The lowest BCUT2D eigenvalue weighted by Crippen LogP contribution is -2.58. The number of hydrogen-bond acceptors (Lipinski definition) is 9. The minimum absolute atomic E-state index is 0.0593. The number of hydrogen-bond donors (Lipinski definition) is 2. The number of amides is 4. The van der Waals surface area contributed by atoms with E-state index in [9.17, 15) is 29.1 Å². The van der Waals surface area contributed by atoms with Crippen LogP contribution in [-0.4, -0.2) is 95.5 Å². The summed E-state index contributed by atoms with van der Waals surface area (Å²) >= 11 is 0. The van der Waals surface area contributed by atoms with E-state index in [1.165, 1.54) is 31.5 Å². The molecule has 11 nitrogen and oxygen atoms in total. The Balaban J connectivity index is 0.000000160. The number of benzene rings is 4. The summed E-state index contributed by atoms with van der Waals surface area (Å²) in [7, 11) is 2.19. The van der Waals surface area contributed by atoms with Crippen LogP contribution in [0.25, 0.3) is 0 Å². The molecule has 5 aliphatic heterocycles. The van der Waals surface area contributed by atoms with Gasteiger partial charge in [-0.2, -0.15) is 0 Å². The van der Waals surface area contributed by atoms with Crippen LogP contribution < -0.4 is 10.2 Å². The van der Waals surface area contributed by atoms with E-state index in [-0.39, 0.29) is 47.4 Å². The Morgan fingerprint density at radius 3 is 2.12 bits per heavy atom. The number of imide groups is 2. The maximum atomic E-state index is 15.8. The number of nitrogens with zero attached hydrogens (tertiary/aromatic N) is 4. The van der Waals surface area contributed by atoms with Gasteiger partial charge in [-0.3, -0.25) is 34.3 Å². The van der Waals surface area contributed by atoms with Crippen LogP contribution in [0.2, 0.25) is 0 Å². The maximum absolute atomic E-state index is 15.8. The summed E-state index contributed by atoms with van der Waals surface area (Å²) in [5, 5.41) is 12.2. The van der Waals surface area contributed by atoms with Gasteiger partial charge in [-0.15, -0.1) is 0 Å². The molecule has 0 aromatic heterocycles. The molecule has 3 unspecified atom stereocenters. The van der Waals surface area contributed by atoms with Crippen molar-refractivity contribution in [3.63, 3.8) is 0 Å². The van der Waals surface area contributed by atoms with Gasteiger partial charge in [0.2, 0.25) is 11.8 Å².